The molecule has 0 saturated carbocycles. The number of amides is 3. The van der Waals surface area contributed by atoms with Crippen molar-refractivity contribution in [3.8, 4) is 0 Å². The first-order valence-corrected chi connectivity index (χ1v) is 11.3. The van der Waals surface area contributed by atoms with Gasteiger partial charge in [0.25, 0.3) is 10.2 Å². The molecule has 0 radical (unpaired) electrons. The molecule has 2 aliphatic rings. The van der Waals surface area contributed by atoms with Crippen LogP contribution in [0.15, 0.2) is 30.3 Å². The molecular formula is C19H26FN5O6S. The zero-order valence-electron chi connectivity index (χ0n) is 17.8. The third-order valence-corrected chi connectivity index (χ3v) is 7.28. The molecule has 1 aromatic rings. The van der Waals surface area contributed by atoms with E-state index in [4.69, 9.17) is 9.94 Å². The van der Waals surface area contributed by atoms with Crippen molar-refractivity contribution in [3.63, 3.8) is 0 Å². The van der Waals surface area contributed by atoms with Gasteiger partial charge in [-0.1, -0.05) is 18.2 Å². The Bertz CT molecular complexity index is 984. The summed E-state index contributed by atoms with van der Waals surface area (Å²) in [6, 6.07) is 5.63. The molecule has 11 nitrogen and oxygen atoms in total. The van der Waals surface area contributed by atoms with Crippen molar-refractivity contribution in [2.45, 2.75) is 12.6 Å². The number of halogens is 1. The number of ether oxygens (including phenoxy) is 1. The molecule has 0 bridgehead atoms. The monoisotopic (exact) mass is 471 g/mol. The minimum atomic E-state index is -4.05. The molecule has 13 heteroatoms. The molecule has 0 aliphatic carbocycles. The van der Waals surface area contributed by atoms with Gasteiger partial charge in [-0.25, -0.2) is 19.5 Å². The second kappa shape index (κ2) is 9.81. The summed E-state index contributed by atoms with van der Waals surface area (Å²) in [5.41, 5.74) is 3.04. The van der Waals surface area contributed by atoms with Crippen molar-refractivity contribution >= 4 is 27.9 Å². The Morgan fingerprint density at radius 1 is 1.19 bits per heavy atom. The van der Waals surface area contributed by atoms with Crippen LogP contribution in [0.3, 0.4) is 0 Å². The van der Waals surface area contributed by atoms with E-state index in [0.717, 1.165) is 15.4 Å². The van der Waals surface area contributed by atoms with E-state index in [1.807, 2.05) is 0 Å². The first kappa shape index (κ1) is 23.9. The van der Waals surface area contributed by atoms with Crippen LogP contribution in [-0.2, 0) is 14.9 Å². The molecule has 1 atom stereocenters. The predicted octanol–water partition coefficient (Wildman–Crippen LogP) is 0.900. The predicted molar refractivity (Wildman–Crippen MR) is 112 cm³/mol. The van der Waals surface area contributed by atoms with E-state index in [2.05, 4.69) is 0 Å². The number of hydrogen-bond donors (Lipinski definition) is 2. The molecule has 1 fully saturated rings. The van der Waals surface area contributed by atoms with Crippen LogP contribution in [-0.4, -0.2) is 97.2 Å². The lowest BCUT2D eigenvalue weighted by Crippen LogP contribution is -2.62. The highest BCUT2D eigenvalue weighted by atomic mass is 32.2. The average molecular weight is 472 g/mol. The number of nitrogens with one attached hydrogen (secondary N) is 1. The van der Waals surface area contributed by atoms with Crippen LogP contribution in [0.2, 0.25) is 0 Å². The van der Waals surface area contributed by atoms with Crippen LogP contribution < -0.4 is 5.48 Å². The highest BCUT2D eigenvalue weighted by Crippen LogP contribution is 2.26. The summed E-state index contributed by atoms with van der Waals surface area (Å²) in [4.78, 5) is 26.6. The minimum absolute atomic E-state index is 0.0870. The molecule has 3 rings (SSSR count). The smallest absolute Gasteiger partial charge is 0.426 e. The zero-order valence-corrected chi connectivity index (χ0v) is 18.6. The third kappa shape index (κ3) is 5.18. The fourth-order valence-corrected chi connectivity index (χ4v) is 5.24. The lowest BCUT2D eigenvalue weighted by Gasteiger charge is -2.42. The quantitative estimate of drug-likeness (QED) is 0.497. The first-order chi connectivity index (χ1) is 15.1. The molecule has 32 heavy (non-hydrogen) atoms. The molecule has 0 aromatic heterocycles. The molecule has 2 heterocycles. The van der Waals surface area contributed by atoms with Crippen LogP contribution in [0, 0.1) is 5.82 Å². The zero-order chi connectivity index (χ0) is 23.5. The van der Waals surface area contributed by atoms with Crippen LogP contribution in [0.1, 0.15) is 12.0 Å². The van der Waals surface area contributed by atoms with Gasteiger partial charge in [-0.15, -0.1) is 4.31 Å². The van der Waals surface area contributed by atoms with Gasteiger partial charge in [-0.05, 0) is 29.7 Å². The number of hydroxylamine groups is 1. The number of carbonyl (C=O) groups excluding carboxylic acids is 2. The molecule has 1 aromatic carbocycles. The number of hydrogen-bond acceptors (Lipinski definition) is 6. The number of nitrogens with zero attached hydrogens (tertiary/aromatic N) is 4. The Morgan fingerprint density at radius 3 is 2.44 bits per heavy atom. The van der Waals surface area contributed by atoms with Crippen molar-refractivity contribution < 1.29 is 32.3 Å². The van der Waals surface area contributed by atoms with Gasteiger partial charge in [0.15, 0.2) is 6.23 Å². The molecule has 176 valence electrons. The summed E-state index contributed by atoms with van der Waals surface area (Å²) < 4.78 is 47.1. The largest absolute Gasteiger partial charge is 0.432 e. The Balaban J connectivity index is 1.77. The summed E-state index contributed by atoms with van der Waals surface area (Å²) in [5.74, 6) is -0.348. The van der Waals surface area contributed by atoms with Gasteiger partial charge < -0.3 is 14.5 Å². The second-order valence-electron chi connectivity index (χ2n) is 7.56. The lowest BCUT2D eigenvalue weighted by atomic mass is 10.0. The van der Waals surface area contributed by atoms with E-state index < -0.39 is 22.5 Å². The summed E-state index contributed by atoms with van der Waals surface area (Å²) in [7, 11) is -0.934. The summed E-state index contributed by atoms with van der Waals surface area (Å²) >= 11 is 0. The van der Waals surface area contributed by atoms with Crippen molar-refractivity contribution in [2.24, 2.45) is 0 Å². The fraction of sp³-hybridized carbons (Fsp3) is 0.474. The standard InChI is InChI=1S/C19H26FN5O6S/c1-22(2)19(27)23-11-12-25(17(13-23)31-18(26)21-28)32(29,30)24-9-7-15(8-10-24)14-3-5-16(20)6-4-14/h3-7,17,28H,8-13H2,1-2H3,(H,21,26)/t17-/m1/s1. The van der Waals surface area contributed by atoms with Gasteiger partial charge >= 0.3 is 12.1 Å². The Labute approximate surface area is 185 Å². The van der Waals surface area contributed by atoms with Gasteiger partial charge in [0.1, 0.15) is 5.82 Å². The second-order valence-corrected chi connectivity index (χ2v) is 9.44. The van der Waals surface area contributed by atoms with Crippen LogP contribution in [0.25, 0.3) is 5.57 Å². The van der Waals surface area contributed by atoms with Gasteiger partial charge in [0.05, 0.1) is 6.54 Å². The van der Waals surface area contributed by atoms with Gasteiger partial charge in [-0.2, -0.15) is 12.7 Å². The van der Waals surface area contributed by atoms with E-state index in [-0.39, 0.29) is 44.6 Å². The molecule has 2 aliphatic heterocycles. The maximum atomic E-state index is 13.3. The first-order valence-electron chi connectivity index (χ1n) is 9.92. The van der Waals surface area contributed by atoms with Gasteiger partial charge in [0.2, 0.25) is 0 Å². The van der Waals surface area contributed by atoms with Gasteiger partial charge in [-0.3, -0.25) is 5.21 Å². The van der Waals surface area contributed by atoms with Gasteiger partial charge in [0, 0.05) is 40.3 Å². The maximum Gasteiger partial charge on any atom is 0.432 e. The molecular weight excluding hydrogens is 445 g/mol. The number of carbonyl (C=O) groups is 2. The molecule has 1 saturated heterocycles. The van der Waals surface area contributed by atoms with E-state index in [1.165, 1.54) is 31.7 Å². The Hall–Kier alpha value is -2.74. The van der Waals surface area contributed by atoms with Crippen LogP contribution >= 0.6 is 0 Å². The Kier molecular flexibility index (Phi) is 7.33. The maximum absolute atomic E-state index is 13.3. The van der Waals surface area contributed by atoms with Crippen LogP contribution in [0.5, 0.6) is 0 Å². The number of benzene rings is 1. The molecule has 2 N–H and O–H groups in total. The van der Waals surface area contributed by atoms with Crippen molar-refractivity contribution in [3.05, 3.63) is 41.7 Å². The third-order valence-electron chi connectivity index (χ3n) is 5.29. The summed E-state index contributed by atoms with van der Waals surface area (Å²) in [5, 5.41) is 8.80. The number of rotatable bonds is 4. The minimum Gasteiger partial charge on any atom is -0.426 e. The fourth-order valence-electron chi connectivity index (χ4n) is 3.64. The normalized spacial score (nSPS) is 20.4. The topological polar surface area (TPSA) is 123 Å². The lowest BCUT2D eigenvalue weighted by molar-refractivity contribution is -0.0286. The van der Waals surface area contributed by atoms with E-state index in [9.17, 15) is 22.4 Å². The van der Waals surface area contributed by atoms with E-state index in [0.29, 0.717) is 6.42 Å². The van der Waals surface area contributed by atoms with E-state index >= 15 is 0 Å². The van der Waals surface area contributed by atoms with Crippen molar-refractivity contribution in [1.29, 1.82) is 0 Å². The number of urea groups is 1. The summed E-state index contributed by atoms with van der Waals surface area (Å²) in [6.45, 7) is 0.109. The van der Waals surface area contributed by atoms with Crippen molar-refractivity contribution in [1.82, 2.24) is 23.9 Å². The average Bonchev–Trinajstić information content (AvgIpc) is 2.78. The van der Waals surface area contributed by atoms with E-state index in [1.54, 1.807) is 32.3 Å². The molecule has 0 spiro atoms. The van der Waals surface area contributed by atoms with Crippen molar-refractivity contribution in [2.75, 3.05) is 46.8 Å². The SMILES string of the molecule is CN(C)C(=O)N1CCN(S(=O)(=O)N2CC=C(c3ccc(F)cc3)CC2)[C@H](OC(=O)NO)C1. The highest BCUT2D eigenvalue weighted by Gasteiger charge is 2.42. The molecule has 3 amide bonds. The number of piperazine rings is 1. The Morgan fingerprint density at radius 2 is 1.88 bits per heavy atom. The summed E-state index contributed by atoms with van der Waals surface area (Å²) in [6.07, 6.45) is -0.359. The van der Waals surface area contributed by atoms with Crippen LogP contribution in [0.4, 0.5) is 14.0 Å². The highest BCUT2D eigenvalue weighted by molar-refractivity contribution is 7.86. The molecule has 0 unspecified atom stereocenters.